The molecule has 1 N–H and O–H groups in total. The van der Waals surface area contributed by atoms with E-state index in [2.05, 4.69) is 48.1 Å². The molecule has 0 fully saturated rings. The first-order valence-electron chi connectivity index (χ1n) is 7.30. The van der Waals surface area contributed by atoms with Crippen molar-refractivity contribution in [3.05, 3.63) is 5.89 Å². The molecule has 0 aliphatic heterocycles. The van der Waals surface area contributed by atoms with Crippen LogP contribution < -0.4 is 10.2 Å². The van der Waals surface area contributed by atoms with Gasteiger partial charge >= 0.3 is 6.01 Å². The van der Waals surface area contributed by atoms with Crippen LogP contribution in [0.25, 0.3) is 0 Å². The van der Waals surface area contributed by atoms with Gasteiger partial charge in [-0.25, -0.2) is 0 Å². The zero-order valence-electron chi connectivity index (χ0n) is 13.1. The predicted molar refractivity (Wildman–Crippen MR) is 78.3 cm³/mol. The van der Waals surface area contributed by atoms with Gasteiger partial charge in [0.25, 0.3) is 0 Å². The molecule has 1 aromatic heterocycles. The Labute approximate surface area is 116 Å². The van der Waals surface area contributed by atoms with E-state index < -0.39 is 0 Å². The Hall–Kier alpha value is -1.10. The molecule has 5 heteroatoms. The number of hydrogen-bond donors (Lipinski definition) is 1. The molecule has 1 unspecified atom stereocenters. The second-order valence-electron chi connectivity index (χ2n) is 5.45. The molecule has 0 aliphatic rings. The SMILES string of the molecule is CCC(CC)N(CC(C)C)c1nnc(C(C)NC)o1. The van der Waals surface area contributed by atoms with E-state index in [9.17, 15) is 0 Å². The van der Waals surface area contributed by atoms with Crippen LogP contribution >= 0.6 is 0 Å². The number of nitrogens with one attached hydrogen (secondary N) is 1. The minimum absolute atomic E-state index is 0.0869. The van der Waals surface area contributed by atoms with Gasteiger partial charge in [-0.3, -0.25) is 0 Å². The predicted octanol–water partition coefficient (Wildman–Crippen LogP) is 3.00. The lowest BCUT2D eigenvalue weighted by atomic mass is 10.1. The van der Waals surface area contributed by atoms with Gasteiger partial charge in [0, 0.05) is 12.6 Å². The standard InChI is InChI=1S/C14H28N4O/c1-7-12(8-2)18(9-10(3)4)14-17-16-13(19-14)11(5)15-6/h10-12,15H,7-9H2,1-6H3. The molecule has 0 aromatic carbocycles. The van der Waals surface area contributed by atoms with Crippen molar-refractivity contribution in [1.82, 2.24) is 15.5 Å². The molecule has 110 valence electrons. The summed E-state index contributed by atoms with van der Waals surface area (Å²) in [6.45, 7) is 11.8. The lowest BCUT2D eigenvalue weighted by Crippen LogP contribution is -2.37. The third kappa shape index (κ3) is 4.20. The zero-order valence-corrected chi connectivity index (χ0v) is 13.1. The minimum Gasteiger partial charge on any atom is -0.406 e. The summed E-state index contributed by atoms with van der Waals surface area (Å²) in [5.41, 5.74) is 0. The first kappa shape index (κ1) is 16.0. The maximum Gasteiger partial charge on any atom is 0.318 e. The van der Waals surface area contributed by atoms with Crippen LogP contribution in [0.5, 0.6) is 0 Å². The summed E-state index contributed by atoms with van der Waals surface area (Å²) in [7, 11) is 1.89. The molecule has 0 saturated heterocycles. The van der Waals surface area contributed by atoms with E-state index in [-0.39, 0.29) is 6.04 Å². The third-order valence-electron chi connectivity index (χ3n) is 3.42. The molecular weight excluding hydrogens is 240 g/mol. The average molecular weight is 268 g/mol. The van der Waals surface area contributed by atoms with E-state index in [1.54, 1.807) is 0 Å². The fraction of sp³-hybridized carbons (Fsp3) is 0.857. The van der Waals surface area contributed by atoms with E-state index in [0.29, 0.717) is 23.9 Å². The maximum absolute atomic E-state index is 5.83. The summed E-state index contributed by atoms with van der Waals surface area (Å²) in [4.78, 5) is 2.25. The number of rotatable bonds is 8. The fourth-order valence-corrected chi connectivity index (χ4v) is 2.15. The van der Waals surface area contributed by atoms with Crippen LogP contribution in [0.3, 0.4) is 0 Å². The molecule has 5 nitrogen and oxygen atoms in total. The number of anilines is 1. The van der Waals surface area contributed by atoms with Gasteiger partial charge in [-0.2, -0.15) is 0 Å². The Morgan fingerprint density at radius 3 is 2.26 bits per heavy atom. The molecule has 1 aromatic rings. The van der Waals surface area contributed by atoms with Gasteiger partial charge in [0.2, 0.25) is 5.89 Å². The average Bonchev–Trinajstić information content (AvgIpc) is 2.87. The van der Waals surface area contributed by atoms with Crippen LogP contribution in [-0.4, -0.2) is 29.8 Å². The smallest absolute Gasteiger partial charge is 0.318 e. The molecule has 0 bridgehead atoms. The molecule has 19 heavy (non-hydrogen) atoms. The van der Waals surface area contributed by atoms with Crippen molar-refractivity contribution >= 4 is 6.01 Å². The van der Waals surface area contributed by atoms with Crippen molar-refractivity contribution in [3.8, 4) is 0 Å². The summed E-state index contributed by atoms with van der Waals surface area (Å²) in [6.07, 6.45) is 2.17. The van der Waals surface area contributed by atoms with Gasteiger partial charge in [0.1, 0.15) is 0 Å². The van der Waals surface area contributed by atoms with Crippen LogP contribution in [-0.2, 0) is 0 Å². The number of aromatic nitrogens is 2. The first-order chi connectivity index (χ1) is 9.03. The van der Waals surface area contributed by atoms with Gasteiger partial charge in [-0.15, -0.1) is 5.10 Å². The molecule has 0 amide bonds. The summed E-state index contributed by atoms with van der Waals surface area (Å²) in [6, 6.07) is 1.20. The number of nitrogens with zero attached hydrogens (tertiary/aromatic N) is 3. The molecule has 1 rings (SSSR count). The Kier molecular flexibility index (Phi) is 6.28. The van der Waals surface area contributed by atoms with Crippen molar-refractivity contribution in [2.75, 3.05) is 18.5 Å². The molecule has 0 aliphatic carbocycles. The van der Waals surface area contributed by atoms with Gasteiger partial charge in [-0.1, -0.05) is 32.8 Å². The molecule has 0 radical (unpaired) electrons. The summed E-state index contributed by atoms with van der Waals surface area (Å²) >= 11 is 0. The van der Waals surface area contributed by atoms with Crippen molar-refractivity contribution in [1.29, 1.82) is 0 Å². The first-order valence-corrected chi connectivity index (χ1v) is 7.30. The summed E-state index contributed by atoms with van der Waals surface area (Å²) in [5, 5.41) is 11.5. The largest absolute Gasteiger partial charge is 0.406 e. The van der Waals surface area contributed by atoms with Crippen molar-refractivity contribution in [3.63, 3.8) is 0 Å². The Balaban J connectivity index is 2.93. The molecule has 0 saturated carbocycles. The Morgan fingerprint density at radius 1 is 1.16 bits per heavy atom. The van der Waals surface area contributed by atoms with Gasteiger partial charge in [0.05, 0.1) is 6.04 Å². The summed E-state index contributed by atoms with van der Waals surface area (Å²) < 4.78 is 5.83. The van der Waals surface area contributed by atoms with E-state index in [4.69, 9.17) is 4.42 Å². The van der Waals surface area contributed by atoms with Crippen molar-refractivity contribution < 1.29 is 4.42 Å². The second kappa shape index (κ2) is 7.48. The monoisotopic (exact) mass is 268 g/mol. The molecule has 1 atom stereocenters. The highest BCUT2D eigenvalue weighted by atomic mass is 16.4. The number of hydrogen-bond acceptors (Lipinski definition) is 5. The Bertz CT molecular complexity index is 360. The van der Waals surface area contributed by atoms with E-state index in [1.807, 2.05) is 14.0 Å². The maximum atomic E-state index is 5.83. The molecule has 1 heterocycles. The van der Waals surface area contributed by atoms with E-state index in [1.165, 1.54) is 0 Å². The highest BCUT2D eigenvalue weighted by Crippen LogP contribution is 2.22. The lowest BCUT2D eigenvalue weighted by molar-refractivity contribution is 0.403. The van der Waals surface area contributed by atoms with Crippen LogP contribution in [0.4, 0.5) is 6.01 Å². The van der Waals surface area contributed by atoms with Crippen LogP contribution in [0.1, 0.15) is 59.4 Å². The summed E-state index contributed by atoms with van der Waals surface area (Å²) in [5.74, 6) is 1.22. The van der Waals surface area contributed by atoms with Crippen LogP contribution in [0, 0.1) is 5.92 Å². The third-order valence-corrected chi connectivity index (χ3v) is 3.42. The topological polar surface area (TPSA) is 54.2 Å². The van der Waals surface area contributed by atoms with E-state index in [0.717, 1.165) is 19.4 Å². The second-order valence-corrected chi connectivity index (χ2v) is 5.45. The molecular formula is C14H28N4O. The highest BCUT2D eigenvalue weighted by Gasteiger charge is 2.23. The van der Waals surface area contributed by atoms with Gasteiger partial charge in [0.15, 0.2) is 0 Å². The highest BCUT2D eigenvalue weighted by molar-refractivity contribution is 5.26. The lowest BCUT2D eigenvalue weighted by Gasteiger charge is -2.30. The van der Waals surface area contributed by atoms with E-state index >= 15 is 0 Å². The zero-order chi connectivity index (χ0) is 14.4. The van der Waals surface area contributed by atoms with Gasteiger partial charge < -0.3 is 14.6 Å². The van der Waals surface area contributed by atoms with Crippen LogP contribution in [0.15, 0.2) is 4.42 Å². The quantitative estimate of drug-likeness (QED) is 0.785. The fourth-order valence-electron chi connectivity index (χ4n) is 2.15. The van der Waals surface area contributed by atoms with Crippen LogP contribution in [0.2, 0.25) is 0 Å². The Morgan fingerprint density at radius 2 is 1.79 bits per heavy atom. The van der Waals surface area contributed by atoms with Crippen molar-refractivity contribution in [2.24, 2.45) is 5.92 Å². The normalized spacial score (nSPS) is 13.3. The molecule has 0 spiro atoms. The minimum atomic E-state index is 0.0869. The van der Waals surface area contributed by atoms with Gasteiger partial charge in [-0.05, 0) is 32.7 Å². The van der Waals surface area contributed by atoms with Crippen molar-refractivity contribution in [2.45, 2.75) is 59.5 Å².